The molecule has 0 fully saturated rings. The topological polar surface area (TPSA) is 84.2 Å². The maximum absolute atomic E-state index is 10.9. The number of aldehydes is 1. The van der Waals surface area contributed by atoms with E-state index in [0.717, 1.165) is 6.29 Å². The van der Waals surface area contributed by atoms with Gasteiger partial charge in [-0.15, -0.1) is 0 Å². The highest BCUT2D eigenvalue weighted by atomic mass is 28.4. The molecule has 0 spiro atoms. The average Bonchev–Trinajstić information content (AvgIpc) is 2.64. The van der Waals surface area contributed by atoms with Gasteiger partial charge in [0.15, 0.2) is 8.32 Å². The Labute approximate surface area is 167 Å². The van der Waals surface area contributed by atoms with Crippen LogP contribution in [0.5, 0.6) is 11.6 Å². The minimum absolute atomic E-state index is 0.163. The first-order chi connectivity index (χ1) is 13.2. The highest BCUT2D eigenvalue weighted by Crippen LogP contribution is 2.36. The van der Waals surface area contributed by atoms with Crippen LogP contribution in [0.2, 0.25) is 18.1 Å². The van der Waals surface area contributed by atoms with Crippen LogP contribution < -0.4 is 10.1 Å². The van der Waals surface area contributed by atoms with E-state index in [-0.39, 0.29) is 10.9 Å². The minimum Gasteiger partial charge on any atom is -0.438 e. The lowest BCUT2D eigenvalue weighted by Gasteiger charge is -2.36. The van der Waals surface area contributed by atoms with Gasteiger partial charge >= 0.3 is 0 Å². The molecule has 7 heteroatoms. The van der Waals surface area contributed by atoms with Crippen LogP contribution in [0.3, 0.4) is 0 Å². The van der Waals surface area contributed by atoms with Crippen molar-refractivity contribution in [2.75, 3.05) is 18.5 Å². The van der Waals surface area contributed by atoms with Gasteiger partial charge in [0.25, 0.3) is 0 Å². The molecule has 0 aliphatic heterocycles. The maximum atomic E-state index is 10.9. The first kappa shape index (κ1) is 21.6. The number of aromatic nitrogens is 1. The number of carbonyl (C=O) groups excluding carboxylic acids is 1. The van der Waals surface area contributed by atoms with Gasteiger partial charge in [-0.2, -0.15) is 10.2 Å². The second-order valence-corrected chi connectivity index (χ2v) is 12.8. The van der Waals surface area contributed by atoms with Crippen LogP contribution in [0.25, 0.3) is 0 Å². The van der Waals surface area contributed by atoms with Crippen LogP contribution >= 0.6 is 0 Å². The predicted octanol–water partition coefficient (Wildman–Crippen LogP) is 4.99. The molecule has 148 valence electrons. The Morgan fingerprint density at radius 2 is 2.00 bits per heavy atom. The molecule has 1 aromatic carbocycles. The molecule has 28 heavy (non-hydrogen) atoms. The molecule has 1 heterocycles. The van der Waals surface area contributed by atoms with Gasteiger partial charge < -0.3 is 14.5 Å². The molecule has 1 aromatic heterocycles. The number of nitrogens with zero attached hydrogens (tertiary/aromatic N) is 2. The molecule has 6 nitrogen and oxygen atoms in total. The molecule has 2 aromatic rings. The van der Waals surface area contributed by atoms with E-state index >= 15 is 0 Å². The van der Waals surface area contributed by atoms with E-state index < -0.39 is 8.32 Å². The molecular weight excluding hydrogens is 370 g/mol. The van der Waals surface area contributed by atoms with Crippen molar-refractivity contribution >= 4 is 20.4 Å². The number of carbonyl (C=O) groups is 1. The Hall–Kier alpha value is -2.69. The molecule has 0 aliphatic carbocycles. The largest absolute Gasteiger partial charge is 0.438 e. The number of ether oxygens (including phenoxy) is 1. The van der Waals surface area contributed by atoms with Crippen molar-refractivity contribution in [3.05, 3.63) is 47.5 Å². The van der Waals surface area contributed by atoms with E-state index in [1.807, 2.05) is 0 Å². The Morgan fingerprint density at radius 3 is 2.64 bits per heavy atom. The van der Waals surface area contributed by atoms with Crippen molar-refractivity contribution in [3.63, 3.8) is 0 Å². The zero-order valence-electron chi connectivity index (χ0n) is 17.1. The zero-order valence-corrected chi connectivity index (χ0v) is 18.1. The van der Waals surface area contributed by atoms with Crippen molar-refractivity contribution in [1.29, 1.82) is 5.26 Å². The molecule has 0 amide bonds. The van der Waals surface area contributed by atoms with E-state index in [9.17, 15) is 10.1 Å². The summed E-state index contributed by atoms with van der Waals surface area (Å²) in [5, 5.41) is 12.7. The van der Waals surface area contributed by atoms with Gasteiger partial charge in [-0.05, 0) is 42.4 Å². The molecule has 0 aliphatic rings. The molecule has 0 atom stereocenters. The summed E-state index contributed by atoms with van der Waals surface area (Å²) >= 11 is 0. The fourth-order valence-electron chi connectivity index (χ4n) is 2.17. The van der Waals surface area contributed by atoms with Crippen molar-refractivity contribution in [2.24, 2.45) is 0 Å². The highest BCUT2D eigenvalue weighted by molar-refractivity contribution is 6.74. The summed E-state index contributed by atoms with van der Waals surface area (Å²) in [7, 11) is -1.79. The first-order valence-corrected chi connectivity index (χ1v) is 12.1. The normalized spacial score (nSPS) is 11.6. The third kappa shape index (κ3) is 5.65. The van der Waals surface area contributed by atoms with E-state index in [1.165, 1.54) is 0 Å². The lowest BCUT2D eigenvalue weighted by Crippen LogP contribution is -2.41. The Balaban J connectivity index is 2.04. The SMILES string of the molecule is CC(C)(C)[Si](C)(C)OCCNc1ccc(C#N)c(Oc2cccc(C=O)c2)n1. The summed E-state index contributed by atoms with van der Waals surface area (Å²) in [5.41, 5.74) is 0.813. The molecule has 0 saturated carbocycles. The lowest BCUT2D eigenvalue weighted by molar-refractivity contribution is 0.112. The summed E-state index contributed by atoms with van der Waals surface area (Å²) in [6.07, 6.45) is 0.742. The van der Waals surface area contributed by atoms with Gasteiger partial charge in [0.05, 0.1) is 6.61 Å². The summed E-state index contributed by atoms with van der Waals surface area (Å²) in [4.78, 5) is 15.3. The Bertz CT molecular complexity index is 870. The van der Waals surface area contributed by atoms with Gasteiger partial charge in [-0.25, -0.2) is 0 Å². The lowest BCUT2D eigenvalue weighted by atomic mass is 10.2. The number of pyridine rings is 1. The van der Waals surface area contributed by atoms with Crippen molar-refractivity contribution in [1.82, 2.24) is 4.98 Å². The number of anilines is 1. The second-order valence-electron chi connectivity index (χ2n) is 7.99. The molecular formula is C21H27N3O3Si. The van der Waals surface area contributed by atoms with E-state index in [1.54, 1.807) is 36.4 Å². The molecule has 2 rings (SSSR count). The molecule has 0 unspecified atom stereocenters. The second kappa shape index (κ2) is 9.00. The van der Waals surface area contributed by atoms with Gasteiger partial charge in [-0.1, -0.05) is 32.9 Å². The zero-order chi connectivity index (χ0) is 20.8. The van der Waals surface area contributed by atoms with E-state index in [0.29, 0.717) is 35.8 Å². The minimum atomic E-state index is -1.79. The van der Waals surface area contributed by atoms with Crippen LogP contribution in [0.4, 0.5) is 5.82 Å². The Kier molecular flexibility index (Phi) is 6.94. The molecule has 1 N–H and O–H groups in total. The van der Waals surface area contributed by atoms with Crippen LogP contribution in [0.1, 0.15) is 36.7 Å². The standard InChI is InChI=1S/C21H27N3O3Si/c1-21(2,3)28(4,5)26-12-11-23-19-10-9-17(14-22)20(24-19)27-18-8-6-7-16(13-18)15-25/h6-10,13,15H,11-12H2,1-5H3,(H,23,24). The fraction of sp³-hybridized carbons (Fsp3) is 0.381. The molecule has 0 radical (unpaired) electrons. The van der Waals surface area contributed by atoms with Crippen molar-refractivity contribution < 1.29 is 14.0 Å². The summed E-state index contributed by atoms with van der Waals surface area (Å²) in [6.45, 7) is 12.2. The number of nitriles is 1. The van der Waals surface area contributed by atoms with E-state index in [2.05, 4.69) is 50.2 Å². The van der Waals surface area contributed by atoms with Crippen LogP contribution in [0, 0.1) is 11.3 Å². The number of nitrogens with one attached hydrogen (secondary N) is 1. The summed E-state index contributed by atoms with van der Waals surface area (Å²) in [5.74, 6) is 1.24. The van der Waals surface area contributed by atoms with Crippen molar-refractivity contribution in [3.8, 4) is 17.7 Å². The number of benzene rings is 1. The number of hydrogen-bond donors (Lipinski definition) is 1. The molecule has 0 saturated heterocycles. The third-order valence-corrected chi connectivity index (χ3v) is 9.40. The average molecular weight is 398 g/mol. The Morgan fingerprint density at radius 1 is 1.25 bits per heavy atom. The van der Waals surface area contributed by atoms with Gasteiger partial charge in [-0.3, -0.25) is 4.79 Å². The van der Waals surface area contributed by atoms with Crippen molar-refractivity contribution in [2.45, 2.75) is 38.9 Å². The van der Waals surface area contributed by atoms with Gasteiger partial charge in [0, 0.05) is 12.1 Å². The maximum Gasteiger partial charge on any atom is 0.239 e. The fourth-order valence-corrected chi connectivity index (χ4v) is 3.21. The summed E-state index contributed by atoms with van der Waals surface area (Å²) < 4.78 is 11.9. The molecule has 0 bridgehead atoms. The van der Waals surface area contributed by atoms with Crippen LogP contribution in [-0.4, -0.2) is 32.7 Å². The number of rotatable bonds is 8. The number of hydrogen-bond acceptors (Lipinski definition) is 6. The quantitative estimate of drug-likeness (QED) is 0.384. The van der Waals surface area contributed by atoms with Gasteiger partial charge in [0.2, 0.25) is 5.88 Å². The van der Waals surface area contributed by atoms with Crippen LogP contribution in [-0.2, 0) is 4.43 Å². The first-order valence-electron chi connectivity index (χ1n) is 9.18. The summed E-state index contributed by atoms with van der Waals surface area (Å²) in [6, 6.07) is 12.2. The monoisotopic (exact) mass is 397 g/mol. The predicted molar refractivity (Wildman–Crippen MR) is 112 cm³/mol. The smallest absolute Gasteiger partial charge is 0.239 e. The van der Waals surface area contributed by atoms with E-state index in [4.69, 9.17) is 9.16 Å². The van der Waals surface area contributed by atoms with Crippen LogP contribution in [0.15, 0.2) is 36.4 Å². The van der Waals surface area contributed by atoms with Gasteiger partial charge in [0.1, 0.15) is 29.5 Å². The highest BCUT2D eigenvalue weighted by Gasteiger charge is 2.36. The third-order valence-electron chi connectivity index (χ3n) is 4.87.